The van der Waals surface area contributed by atoms with Gasteiger partial charge in [0.15, 0.2) is 0 Å². The Balaban J connectivity index is 2.56. The summed E-state index contributed by atoms with van der Waals surface area (Å²) in [4.78, 5) is 3.84. The smallest absolute Gasteiger partial charge is 0.319 e. The summed E-state index contributed by atoms with van der Waals surface area (Å²) >= 11 is 0. The Labute approximate surface area is 93.3 Å². The Bertz CT molecular complexity index is 315. The zero-order valence-electron chi connectivity index (χ0n) is 9.40. The molecule has 0 aliphatic rings. The van der Waals surface area contributed by atoms with E-state index in [1.165, 1.54) is 12.4 Å². The van der Waals surface area contributed by atoms with Gasteiger partial charge in [-0.1, -0.05) is 13.8 Å². The lowest BCUT2D eigenvalue weighted by molar-refractivity contribution is 0.0661. The van der Waals surface area contributed by atoms with E-state index in [4.69, 9.17) is 5.11 Å². The van der Waals surface area contributed by atoms with E-state index in [9.17, 15) is 8.78 Å². The van der Waals surface area contributed by atoms with Gasteiger partial charge in [0, 0.05) is 18.4 Å². The van der Waals surface area contributed by atoms with Gasteiger partial charge in [0.1, 0.15) is 5.82 Å². The molecule has 0 bridgehead atoms. The van der Waals surface area contributed by atoms with Gasteiger partial charge in [0.2, 0.25) is 0 Å². The monoisotopic (exact) mass is 233 g/mol. The number of nitrogens with one attached hydrogen (secondary N) is 1. The van der Waals surface area contributed by atoms with Crippen molar-refractivity contribution in [3.8, 4) is 0 Å². The third kappa shape index (κ3) is 3.24. The number of halogens is 2. The number of aliphatic hydroxyl groups excluding tert-OH is 1. The van der Waals surface area contributed by atoms with Crippen LogP contribution in [0.2, 0.25) is 0 Å². The van der Waals surface area contributed by atoms with Gasteiger partial charge in [-0.15, -0.1) is 0 Å². The molecular weight excluding hydrogens is 216 g/mol. The van der Waals surface area contributed by atoms with Crippen LogP contribution in [0.15, 0.2) is 12.4 Å². The molecule has 0 aliphatic heterocycles. The number of alkyl halides is 2. The van der Waals surface area contributed by atoms with Crippen LogP contribution in [0.25, 0.3) is 0 Å². The van der Waals surface area contributed by atoms with Gasteiger partial charge in [-0.05, 0) is 5.92 Å². The first-order valence-corrected chi connectivity index (χ1v) is 5.20. The van der Waals surface area contributed by atoms with Crippen molar-refractivity contribution in [1.29, 1.82) is 0 Å². The van der Waals surface area contributed by atoms with Crippen LogP contribution in [0.4, 0.5) is 8.78 Å². The largest absolute Gasteiger partial charge is 0.395 e. The summed E-state index contributed by atoms with van der Waals surface area (Å²) in [7, 11) is 0. The van der Waals surface area contributed by atoms with E-state index in [0.29, 0.717) is 0 Å². The highest BCUT2D eigenvalue weighted by Gasteiger charge is 2.15. The summed E-state index contributed by atoms with van der Waals surface area (Å²) in [6.45, 7) is 1.53. The highest BCUT2D eigenvalue weighted by molar-refractivity contribution is 4.93. The molecule has 0 radical (unpaired) electrons. The number of rotatable bonds is 6. The SMILES string of the molecule is CC(C)C(CO)NCc1nccn1C(F)F. The van der Waals surface area contributed by atoms with Crippen LogP contribution >= 0.6 is 0 Å². The minimum atomic E-state index is -2.58. The predicted octanol–water partition coefficient (Wildman–Crippen LogP) is 1.38. The van der Waals surface area contributed by atoms with Crippen LogP contribution in [0, 0.1) is 5.92 Å². The van der Waals surface area contributed by atoms with Crippen molar-refractivity contribution in [1.82, 2.24) is 14.9 Å². The average molecular weight is 233 g/mol. The number of hydrogen-bond acceptors (Lipinski definition) is 3. The minimum Gasteiger partial charge on any atom is -0.395 e. The molecule has 6 heteroatoms. The molecule has 0 saturated carbocycles. The fourth-order valence-corrected chi connectivity index (χ4v) is 1.39. The predicted molar refractivity (Wildman–Crippen MR) is 56.0 cm³/mol. The molecule has 0 amide bonds. The van der Waals surface area contributed by atoms with Crippen LogP contribution in [0.5, 0.6) is 0 Å². The molecule has 1 aromatic rings. The highest BCUT2D eigenvalue weighted by Crippen LogP contribution is 2.12. The molecule has 0 fully saturated rings. The molecule has 1 unspecified atom stereocenters. The average Bonchev–Trinajstić information content (AvgIpc) is 2.66. The lowest BCUT2D eigenvalue weighted by Gasteiger charge is -2.19. The van der Waals surface area contributed by atoms with Crippen molar-refractivity contribution < 1.29 is 13.9 Å². The lowest BCUT2D eigenvalue weighted by atomic mass is 10.1. The Morgan fingerprint density at radius 3 is 2.69 bits per heavy atom. The third-order valence-electron chi connectivity index (χ3n) is 2.48. The number of aromatic nitrogens is 2. The fraction of sp³-hybridized carbons (Fsp3) is 0.700. The van der Waals surface area contributed by atoms with Crippen molar-refractivity contribution in [3.63, 3.8) is 0 Å². The Morgan fingerprint density at radius 2 is 2.19 bits per heavy atom. The first kappa shape index (κ1) is 13.1. The number of nitrogens with zero attached hydrogens (tertiary/aromatic N) is 2. The van der Waals surface area contributed by atoms with E-state index >= 15 is 0 Å². The van der Waals surface area contributed by atoms with Gasteiger partial charge in [0.05, 0.1) is 13.2 Å². The van der Waals surface area contributed by atoms with Crippen LogP contribution in [-0.4, -0.2) is 27.3 Å². The van der Waals surface area contributed by atoms with E-state index in [2.05, 4.69) is 10.3 Å². The van der Waals surface area contributed by atoms with Crippen molar-refractivity contribution in [3.05, 3.63) is 18.2 Å². The first-order chi connectivity index (χ1) is 7.56. The Kier molecular flexibility index (Phi) is 4.82. The Morgan fingerprint density at radius 1 is 1.50 bits per heavy atom. The van der Waals surface area contributed by atoms with Crippen LogP contribution in [-0.2, 0) is 6.54 Å². The van der Waals surface area contributed by atoms with Gasteiger partial charge in [-0.25, -0.2) is 4.98 Å². The van der Waals surface area contributed by atoms with Crippen LogP contribution in [0.3, 0.4) is 0 Å². The van der Waals surface area contributed by atoms with E-state index < -0.39 is 6.55 Å². The molecule has 0 aliphatic carbocycles. The zero-order chi connectivity index (χ0) is 12.1. The molecule has 1 aromatic heterocycles. The summed E-state index contributed by atoms with van der Waals surface area (Å²) in [6, 6.07) is -0.108. The summed E-state index contributed by atoms with van der Waals surface area (Å²) < 4.78 is 25.8. The van der Waals surface area contributed by atoms with Crippen LogP contribution in [0.1, 0.15) is 26.2 Å². The maximum absolute atomic E-state index is 12.5. The second kappa shape index (κ2) is 5.91. The second-order valence-electron chi connectivity index (χ2n) is 3.94. The highest BCUT2D eigenvalue weighted by atomic mass is 19.3. The molecular formula is C10H17F2N3O. The number of hydrogen-bond donors (Lipinski definition) is 2. The van der Waals surface area contributed by atoms with Gasteiger partial charge >= 0.3 is 6.55 Å². The van der Waals surface area contributed by atoms with E-state index in [0.717, 1.165) is 4.57 Å². The number of aliphatic hydroxyl groups is 1. The van der Waals surface area contributed by atoms with Gasteiger partial charge in [-0.3, -0.25) is 4.57 Å². The molecule has 1 heterocycles. The maximum Gasteiger partial charge on any atom is 0.319 e. The number of imidazole rings is 1. The molecule has 4 nitrogen and oxygen atoms in total. The van der Waals surface area contributed by atoms with Crippen molar-refractivity contribution in [2.75, 3.05) is 6.61 Å². The lowest BCUT2D eigenvalue weighted by Crippen LogP contribution is -2.37. The minimum absolute atomic E-state index is 0.0208. The summed E-state index contributed by atoms with van der Waals surface area (Å²) in [5.41, 5.74) is 0. The van der Waals surface area contributed by atoms with E-state index in [-0.39, 0.29) is 30.9 Å². The third-order valence-corrected chi connectivity index (χ3v) is 2.48. The van der Waals surface area contributed by atoms with E-state index in [1.54, 1.807) is 0 Å². The molecule has 92 valence electrons. The molecule has 1 rings (SSSR count). The Hall–Kier alpha value is -1.01. The van der Waals surface area contributed by atoms with Gasteiger partial charge in [-0.2, -0.15) is 8.78 Å². The summed E-state index contributed by atoms with van der Waals surface area (Å²) in [5.74, 6) is 0.508. The van der Waals surface area contributed by atoms with Crippen molar-refractivity contribution in [2.45, 2.75) is 33.0 Å². The maximum atomic E-state index is 12.5. The van der Waals surface area contributed by atoms with Gasteiger partial charge < -0.3 is 10.4 Å². The standard InChI is InChI=1S/C10H17F2N3O/c1-7(2)8(6-16)14-5-9-13-3-4-15(9)10(11)12/h3-4,7-8,10,14,16H,5-6H2,1-2H3. The zero-order valence-corrected chi connectivity index (χ0v) is 9.40. The van der Waals surface area contributed by atoms with Gasteiger partial charge in [0.25, 0.3) is 0 Å². The van der Waals surface area contributed by atoms with Crippen LogP contribution < -0.4 is 5.32 Å². The molecule has 16 heavy (non-hydrogen) atoms. The first-order valence-electron chi connectivity index (χ1n) is 5.20. The molecule has 2 N–H and O–H groups in total. The van der Waals surface area contributed by atoms with Crippen molar-refractivity contribution in [2.24, 2.45) is 5.92 Å². The summed E-state index contributed by atoms with van der Waals surface area (Å²) in [6.07, 6.45) is 2.58. The molecule has 0 aromatic carbocycles. The topological polar surface area (TPSA) is 50.1 Å². The van der Waals surface area contributed by atoms with E-state index in [1.807, 2.05) is 13.8 Å². The summed E-state index contributed by atoms with van der Waals surface area (Å²) in [5, 5.41) is 12.1. The second-order valence-corrected chi connectivity index (χ2v) is 3.94. The molecule has 0 spiro atoms. The van der Waals surface area contributed by atoms with Crippen molar-refractivity contribution >= 4 is 0 Å². The fourth-order valence-electron chi connectivity index (χ4n) is 1.39. The molecule has 0 saturated heterocycles. The molecule has 1 atom stereocenters. The quantitative estimate of drug-likeness (QED) is 0.780. The normalized spacial score (nSPS) is 13.7.